The maximum atomic E-state index is 12.2. The largest absolute Gasteiger partial charge is 0.341 e. The molecule has 2 heterocycles. The third-order valence-electron chi connectivity index (χ3n) is 2.83. The highest BCUT2D eigenvalue weighted by atomic mass is 35.5. The summed E-state index contributed by atoms with van der Waals surface area (Å²) in [6.07, 6.45) is 7.32. The van der Waals surface area contributed by atoms with Crippen molar-refractivity contribution < 1.29 is 4.79 Å². The van der Waals surface area contributed by atoms with E-state index in [1.54, 1.807) is 36.6 Å². The molecule has 0 spiro atoms. The van der Waals surface area contributed by atoms with Crippen molar-refractivity contribution >= 4 is 17.5 Å². The van der Waals surface area contributed by atoms with E-state index in [4.69, 9.17) is 11.6 Å². The number of hydrogen-bond acceptors (Lipinski definition) is 3. The second-order valence-electron chi connectivity index (χ2n) is 4.19. The molecule has 0 saturated heterocycles. The lowest BCUT2D eigenvalue weighted by molar-refractivity contribution is 0.0796. The van der Waals surface area contributed by atoms with Gasteiger partial charge in [-0.1, -0.05) is 11.6 Å². The zero-order valence-electron chi connectivity index (χ0n) is 10.6. The molecule has 2 aromatic heterocycles. The molecule has 2 aromatic rings. The third-order valence-corrected chi connectivity index (χ3v) is 3.14. The van der Waals surface area contributed by atoms with Gasteiger partial charge >= 0.3 is 0 Å². The number of amides is 1. The Balaban J connectivity index is 1.99. The quantitative estimate of drug-likeness (QED) is 0.861. The Labute approximate surface area is 117 Å². The van der Waals surface area contributed by atoms with Gasteiger partial charge in [-0.25, -0.2) is 0 Å². The first-order valence-electron chi connectivity index (χ1n) is 5.92. The fourth-order valence-corrected chi connectivity index (χ4v) is 1.90. The van der Waals surface area contributed by atoms with E-state index in [0.29, 0.717) is 17.1 Å². The highest BCUT2D eigenvalue weighted by Gasteiger charge is 2.14. The minimum absolute atomic E-state index is 0.0959. The van der Waals surface area contributed by atoms with E-state index < -0.39 is 0 Å². The van der Waals surface area contributed by atoms with Crippen molar-refractivity contribution in [1.29, 1.82) is 0 Å². The van der Waals surface area contributed by atoms with E-state index in [1.807, 2.05) is 12.1 Å². The Morgan fingerprint density at radius 3 is 2.58 bits per heavy atom. The predicted octanol–water partition coefficient (Wildman–Crippen LogP) is 2.44. The van der Waals surface area contributed by atoms with Gasteiger partial charge in [0.15, 0.2) is 0 Å². The highest BCUT2D eigenvalue weighted by Crippen LogP contribution is 2.15. The SMILES string of the molecule is CN(CCc1ccncc1)C(=O)c1ccncc1Cl. The van der Waals surface area contributed by atoms with Crippen molar-refractivity contribution in [2.45, 2.75) is 6.42 Å². The minimum Gasteiger partial charge on any atom is -0.341 e. The highest BCUT2D eigenvalue weighted by molar-refractivity contribution is 6.33. The Morgan fingerprint density at radius 2 is 1.89 bits per heavy atom. The number of aromatic nitrogens is 2. The normalized spacial score (nSPS) is 10.2. The molecular weight excluding hydrogens is 262 g/mol. The standard InChI is InChI=1S/C14H14ClN3O/c1-18(9-5-11-2-6-16-7-3-11)14(19)12-4-8-17-10-13(12)15/h2-4,6-8,10H,5,9H2,1H3. The van der Waals surface area contributed by atoms with E-state index in [1.165, 1.54) is 6.20 Å². The van der Waals surface area contributed by atoms with Crippen molar-refractivity contribution in [3.05, 3.63) is 59.1 Å². The van der Waals surface area contributed by atoms with Crippen LogP contribution in [0.4, 0.5) is 0 Å². The number of hydrogen-bond donors (Lipinski definition) is 0. The molecule has 0 radical (unpaired) electrons. The van der Waals surface area contributed by atoms with Crippen LogP contribution in [0, 0.1) is 0 Å². The van der Waals surface area contributed by atoms with Gasteiger partial charge in [-0.05, 0) is 30.2 Å². The van der Waals surface area contributed by atoms with E-state index >= 15 is 0 Å². The number of nitrogens with zero attached hydrogens (tertiary/aromatic N) is 3. The number of pyridine rings is 2. The maximum Gasteiger partial charge on any atom is 0.255 e. The summed E-state index contributed by atoms with van der Waals surface area (Å²) in [4.78, 5) is 21.7. The molecule has 98 valence electrons. The Kier molecular flexibility index (Phi) is 4.47. The summed E-state index contributed by atoms with van der Waals surface area (Å²) in [5.41, 5.74) is 1.63. The molecule has 0 aliphatic carbocycles. The number of rotatable bonds is 4. The zero-order chi connectivity index (χ0) is 13.7. The van der Waals surface area contributed by atoms with Crippen LogP contribution in [0.3, 0.4) is 0 Å². The van der Waals surface area contributed by atoms with Gasteiger partial charge in [0.05, 0.1) is 10.6 Å². The Bertz CT molecular complexity index is 560. The first kappa shape index (κ1) is 13.5. The molecule has 0 aromatic carbocycles. The molecule has 0 saturated carbocycles. The van der Waals surface area contributed by atoms with Crippen LogP contribution in [0.15, 0.2) is 43.0 Å². The lowest BCUT2D eigenvalue weighted by Crippen LogP contribution is -2.29. The monoisotopic (exact) mass is 275 g/mol. The van der Waals surface area contributed by atoms with Crippen molar-refractivity contribution in [2.24, 2.45) is 0 Å². The molecule has 2 rings (SSSR count). The van der Waals surface area contributed by atoms with E-state index in [2.05, 4.69) is 9.97 Å². The van der Waals surface area contributed by atoms with Crippen molar-refractivity contribution in [1.82, 2.24) is 14.9 Å². The fourth-order valence-electron chi connectivity index (χ4n) is 1.70. The smallest absolute Gasteiger partial charge is 0.255 e. The number of likely N-dealkylation sites (N-methyl/N-ethyl adjacent to an activating group) is 1. The Hall–Kier alpha value is -1.94. The Morgan fingerprint density at radius 1 is 1.21 bits per heavy atom. The number of halogens is 1. The van der Waals surface area contributed by atoms with Crippen LogP contribution in [-0.2, 0) is 6.42 Å². The molecule has 0 bridgehead atoms. The lowest BCUT2D eigenvalue weighted by atomic mass is 10.2. The molecular formula is C14H14ClN3O. The van der Waals surface area contributed by atoms with E-state index in [-0.39, 0.29) is 5.91 Å². The van der Waals surface area contributed by atoms with Gasteiger partial charge in [-0.3, -0.25) is 14.8 Å². The minimum atomic E-state index is -0.0959. The van der Waals surface area contributed by atoms with Gasteiger partial charge in [0.2, 0.25) is 0 Å². The summed E-state index contributed by atoms with van der Waals surface area (Å²) in [5, 5.41) is 0.378. The summed E-state index contributed by atoms with van der Waals surface area (Å²) >= 11 is 5.96. The third kappa shape index (κ3) is 3.51. The number of carbonyl (C=O) groups is 1. The van der Waals surface area contributed by atoms with Gasteiger partial charge in [0.25, 0.3) is 5.91 Å². The summed E-state index contributed by atoms with van der Waals surface area (Å²) in [5.74, 6) is -0.0959. The van der Waals surface area contributed by atoms with Gasteiger partial charge < -0.3 is 4.90 Å². The van der Waals surface area contributed by atoms with E-state index in [0.717, 1.165) is 12.0 Å². The van der Waals surface area contributed by atoms with Crippen LogP contribution in [0.5, 0.6) is 0 Å². The van der Waals surface area contributed by atoms with Gasteiger partial charge in [0.1, 0.15) is 0 Å². The fraction of sp³-hybridized carbons (Fsp3) is 0.214. The molecule has 0 aliphatic rings. The van der Waals surface area contributed by atoms with Gasteiger partial charge in [0, 0.05) is 38.4 Å². The first-order valence-corrected chi connectivity index (χ1v) is 6.30. The molecule has 5 heteroatoms. The molecule has 0 N–H and O–H groups in total. The van der Waals surface area contributed by atoms with Crippen LogP contribution in [0.1, 0.15) is 15.9 Å². The van der Waals surface area contributed by atoms with Gasteiger partial charge in [-0.15, -0.1) is 0 Å². The molecule has 0 aliphatic heterocycles. The summed E-state index contributed by atoms with van der Waals surface area (Å²) in [7, 11) is 1.76. The molecule has 0 atom stereocenters. The topological polar surface area (TPSA) is 46.1 Å². The second kappa shape index (κ2) is 6.29. The van der Waals surface area contributed by atoms with Gasteiger partial charge in [-0.2, -0.15) is 0 Å². The maximum absolute atomic E-state index is 12.2. The van der Waals surface area contributed by atoms with Crippen LogP contribution >= 0.6 is 11.6 Å². The average Bonchev–Trinajstić information content (AvgIpc) is 2.45. The van der Waals surface area contributed by atoms with Crippen LogP contribution < -0.4 is 0 Å². The van der Waals surface area contributed by atoms with Crippen LogP contribution in [0.25, 0.3) is 0 Å². The zero-order valence-corrected chi connectivity index (χ0v) is 11.3. The average molecular weight is 276 g/mol. The van der Waals surface area contributed by atoms with Crippen molar-refractivity contribution in [3.8, 4) is 0 Å². The lowest BCUT2D eigenvalue weighted by Gasteiger charge is -2.17. The van der Waals surface area contributed by atoms with Crippen LogP contribution in [-0.4, -0.2) is 34.4 Å². The molecule has 0 unspecified atom stereocenters. The second-order valence-corrected chi connectivity index (χ2v) is 4.59. The first-order chi connectivity index (χ1) is 9.18. The van der Waals surface area contributed by atoms with Crippen LogP contribution in [0.2, 0.25) is 5.02 Å². The molecule has 0 fully saturated rings. The summed E-state index contributed by atoms with van der Waals surface area (Å²) in [6, 6.07) is 5.52. The molecule has 1 amide bonds. The van der Waals surface area contributed by atoms with E-state index in [9.17, 15) is 4.79 Å². The summed E-state index contributed by atoms with van der Waals surface area (Å²) < 4.78 is 0. The molecule has 19 heavy (non-hydrogen) atoms. The number of carbonyl (C=O) groups excluding carboxylic acids is 1. The molecule has 4 nitrogen and oxygen atoms in total. The predicted molar refractivity (Wildman–Crippen MR) is 74.1 cm³/mol. The van der Waals surface area contributed by atoms with Crippen molar-refractivity contribution in [3.63, 3.8) is 0 Å². The van der Waals surface area contributed by atoms with Crippen molar-refractivity contribution in [2.75, 3.05) is 13.6 Å². The summed E-state index contributed by atoms with van der Waals surface area (Å²) in [6.45, 7) is 0.626.